The standard InChI is InChI=1S/C13H19N3O3/c1-7-5-11(12(16(18)19)6-8(7)2)15-13(17)9(3)10(4)14/h5-6,9-10H,14H2,1-4H3,(H,15,17). The van der Waals surface area contributed by atoms with Gasteiger partial charge in [-0.2, -0.15) is 0 Å². The monoisotopic (exact) mass is 265 g/mol. The van der Waals surface area contributed by atoms with Crippen molar-refractivity contribution in [1.29, 1.82) is 0 Å². The van der Waals surface area contributed by atoms with Crippen LogP contribution < -0.4 is 11.1 Å². The van der Waals surface area contributed by atoms with E-state index in [0.29, 0.717) is 0 Å². The molecule has 0 bridgehead atoms. The summed E-state index contributed by atoms with van der Waals surface area (Å²) in [6, 6.07) is 2.76. The number of aryl methyl sites for hydroxylation is 2. The Morgan fingerprint density at radius 1 is 1.32 bits per heavy atom. The molecular weight excluding hydrogens is 246 g/mol. The summed E-state index contributed by atoms with van der Waals surface area (Å²) in [7, 11) is 0. The predicted octanol–water partition coefficient (Wildman–Crippen LogP) is 2.13. The summed E-state index contributed by atoms with van der Waals surface area (Å²) < 4.78 is 0. The Bertz CT molecular complexity index is 512. The van der Waals surface area contributed by atoms with E-state index in [1.165, 1.54) is 6.07 Å². The molecule has 6 nitrogen and oxygen atoms in total. The fraction of sp³-hybridized carbons (Fsp3) is 0.462. The van der Waals surface area contributed by atoms with Gasteiger partial charge in [0.05, 0.1) is 10.8 Å². The van der Waals surface area contributed by atoms with Gasteiger partial charge in [0, 0.05) is 12.1 Å². The molecule has 19 heavy (non-hydrogen) atoms. The molecule has 0 saturated heterocycles. The van der Waals surface area contributed by atoms with Crippen LogP contribution in [-0.2, 0) is 4.79 Å². The van der Waals surface area contributed by atoms with E-state index in [0.717, 1.165) is 11.1 Å². The van der Waals surface area contributed by atoms with Crippen molar-refractivity contribution in [1.82, 2.24) is 0 Å². The van der Waals surface area contributed by atoms with Crippen molar-refractivity contribution in [3.05, 3.63) is 33.4 Å². The zero-order valence-corrected chi connectivity index (χ0v) is 11.6. The molecule has 0 aromatic heterocycles. The summed E-state index contributed by atoms with van der Waals surface area (Å²) in [5.41, 5.74) is 7.45. The summed E-state index contributed by atoms with van der Waals surface area (Å²) >= 11 is 0. The van der Waals surface area contributed by atoms with Gasteiger partial charge in [0.25, 0.3) is 5.69 Å². The molecule has 1 amide bonds. The lowest BCUT2D eigenvalue weighted by Gasteiger charge is -2.16. The van der Waals surface area contributed by atoms with Gasteiger partial charge < -0.3 is 11.1 Å². The number of amides is 1. The molecule has 0 aliphatic rings. The van der Waals surface area contributed by atoms with Crippen LogP contribution in [0.4, 0.5) is 11.4 Å². The average molecular weight is 265 g/mol. The van der Waals surface area contributed by atoms with Crippen molar-refractivity contribution in [2.45, 2.75) is 33.7 Å². The fourth-order valence-corrected chi connectivity index (χ4v) is 1.54. The molecule has 0 aliphatic heterocycles. The number of nitrogens with two attached hydrogens (primary N) is 1. The van der Waals surface area contributed by atoms with Crippen LogP contribution in [0.3, 0.4) is 0 Å². The number of carbonyl (C=O) groups excluding carboxylic acids is 1. The molecule has 104 valence electrons. The van der Waals surface area contributed by atoms with Gasteiger partial charge in [-0.25, -0.2) is 0 Å². The summed E-state index contributed by atoms with van der Waals surface area (Å²) in [5, 5.41) is 13.6. The fourth-order valence-electron chi connectivity index (χ4n) is 1.54. The van der Waals surface area contributed by atoms with Gasteiger partial charge in [-0.3, -0.25) is 14.9 Å². The van der Waals surface area contributed by atoms with Crippen LogP contribution in [0, 0.1) is 29.9 Å². The van der Waals surface area contributed by atoms with E-state index in [-0.39, 0.29) is 23.3 Å². The number of benzene rings is 1. The number of anilines is 1. The lowest BCUT2D eigenvalue weighted by Crippen LogP contribution is -2.34. The minimum atomic E-state index is -0.501. The van der Waals surface area contributed by atoms with E-state index in [1.807, 2.05) is 6.92 Å². The second-order valence-electron chi connectivity index (χ2n) is 4.85. The van der Waals surface area contributed by atoms with E-state index in [9.17, 15) is 14.9 Å². The van der Waals surface area contributed by atoms with Gasteiger partial charge in [-0.1, -0.05) is 6.92 Å². The molecule has 1 aromatic carbocycles. The Kier molecular flexibility index (Phi) is 4.61. The molecule has 1 rings (SSSR count). The first-order valence-corrected chi connectivity index (χ1v) is 6.06. The highest BCUT2D eigenvalue weighted by atomic mass is 16.6. The van der Waals surface area contributed by atoms with Gasteiger partial charge in [-0.15, -0.1) is 0 Å². The third-order valence-corrected chi connectivity index (χ3v) is 3.27. The van der Waals surface area contributed by atoms with Crippen molar-refractivity contribution in [3.63, 3.8) is 0 Å². The van der Waals surface area contributed by atoms with Crippen LogP contribution in [-0.4, -0.2) is 16.9 Å². The Balaban J connectivity index is 3.10. The first-order chi connectivity index (χ1) is 8.73. The maximum absolute atomic E-state index is 11.9. The topological polar surface area (TPSA) is 98.3 Å². The Morgan fingerprint density at radius 2 is 1.84 bits per heavy atom. The van der Waals surface area contributed by atoms with Crippen molar-refractivity contribution >= 4 is 17.3 Å². The maximum Gasteiger partial charge on any atom is 0.293 e. The first kappa shape index (κ1) is 15.1. The van der Waals surface area contributed by atoms with E-state index in [2.05, 4.69) is 5.32 Å². The van der Waals surface area contributed by atoms with E-state index < -0.39 is 10.8 Å². The molecule has 0 saturated carbocycles. The van der Waals surface area contributed by atoms with Crippen LogP contribution in [0.1, 0.15) is 25.0 Å². The summed E-state index contributed by atoms with van der Waals surface area (Å²) in [6.45, 7) is 7.04. The van der Waals surface area contributed by atoms with Gasteiger partial charge in [0.15, 0.2) is 0 Å². The molecule has 0 heterocycles. The molecule has 6 heteroatoms. The highest BCUT2D eigenvalue weighted by molar-refractivity contribution is 5.95. The quantitative estimate of drug-likeness (QED) is 0.643. The first-order valence-electron chi connectivity index (χ1n) is 6.06. The van der Waals surface area contributed by atoms with Crippen molar-refractivity contribution in [2.75, 3.05) is 5.32 Å². The van der Waals surface area contributed by atoms with E-state index in [4.69, 9.17) is 5.73 Å². The Hall–Kier alpha value is -1.95. The third-order valence-electron chi connectivity index (χ3n) is 3.27. The Morgan fingerprint density at radius 3 is 2.32 bits per heavy atom. The smallest absolute Gasteiger partial charge is 0.293 e. The number of nitro benzene ring substituents is 1. The van der Waals surface area contributed by atoms with Gasteiger partial charge >= 0.3 is 0 Å². The number of nitrogens with one attached hydrogen (secondary N) is 1. The molecule has 0 fully saturated rings. The van der Waals surface area contributed by atoms with Crippen molar-refractivity contribution in [2.24, 2.45) is 11.7 Å². The van der Waals surface area contributed by atoms with Crippen molar-refractivity contribution in [3.8, 4) is 0 Å². The normalized spacial score (nSPS) is 13.7. The second-order valence-corrected chi connectivity index (χ2v) is 4.85. The second kappa shape index (κ2) is 5.79. The SMILES string of the molecule is Cc1cc(NC(=O)C(C)C(C)N)c([N+](=O)[O-])cc1C. The molecule has 0 radical (unpaired) electrons. The van der Waals surface area contributed by atoms with Gasteiger partial charge in [0.1, 0.15) is 5.69 Å². The van der Waals surface area contributed by atoms with Crippen molar-refractivity contribution < 1.29 is 9.72 Å². The lowest BCUT2D eigenvalue weighted by atomic mass is 10.0. The number of nitrogens with zero attached hydrogens (tertiary/aromatic N) is 1. The van der Waals surface area contributed by atoms with Crippen LogP contribution in [0.15, 0.2) is 12.1 Å². The number of nitro groups is 1. The number of hydrogen-bond donors (Lipinski definition) is 2. The minimum Gasteiger partial charge on any atom is -0.327 e. The molecule has 2 atom stereocenters. The maximum atomic E-state index is 11.9. The average Bonchev–Trinajstić information content (AvgIpc) is 2.31. The largest absolute Gasteiger partial charge is 0.327 e. The number of rotatable bonds is 4. The van der Waals surface area contributed by atoms with Crippen LogP contribution in [0.25, 0.3) is 0 Å². The molecule has 2 unspecified atom stereocenters. The minimum absolute atomic E-state index is 0.103. The summed E-state index contributed by atoms with van der Waals surface area (Å²) in [6.07, 6.45) is 0. The third kappa shape index (κ3) is 3.51. The predicted molar refractivity (Wildman–Crippen MR) is 74.0 cm³/mol. The summed E-state index contributed by atoms with van der Waals surface area (Å²) in [5.74, 6) is -0.734. The molecule has 0 spiro atoms. The van der Waals surface area contributed by atoms with E-state index >= 15 is 0 Å². The zero-order chi connectivity index (χ0) is 14.7. The molecular formula is C13H19N3O3. The molecule has 1 aromatic rings. The highest BCUT2D eigenvalue weighted by Gasteiger charge is 2.22. The highest BCUT2D eigenvalue weighted by Crippen LogP contribution is 2.28. The van der Waals surface area contributed by atoms with E-state index in [1.54, 1.807) is 26.8 Å². The number of carbonyl (C=O) groups is 1. The molecule has 0 aliphatic carbocycles. The van der Waals surface area contributed by atoms with Crippen LogP contribution >= 0.6 is 0 Å². The van der Waals surface area contributed by atoms with Crippen LogP contribution in [0.5, 0.6) is 0 Å². The van der Waals surface area contributed by atoms with Gasteiger partial charge in [0.2, 0.25) is 5.91 Å². The Labute approximate surface area is 112 Å². The molecule has 3 N–H and O–H groups in total. The zero-order valence-electron chi connectivity index (χ0n) is 11.6. The number of hydrogen-bond acceptors (Lipinski definition) is 4. The lowest BCUT2D eigenvalue weighted by molar-refractivity contribution is -0.384. The van der Waals surface area contributed by atoms with Crippen LogP contribution in [0.2, 0.25) is 0 Å². The van der Waals surface area contributed by atoms with Gasteiger partial charge in [-0.05, 0) is 38.0 Å². The summed E-state index contributed by atoms with van der Waals surface area (Å²) in [4.78, 5) is 22.4.